The molecule has 1 heterocycles. The van der Waals surface area contributed by atoms with Crippen LogP contribution in [-0.2, 0) is 10.0 Å². The molecule has 1 aromatic carbocycles. The second-order valence-electron chi connectivity index (χ2n) is 3.73. The molecule has 9 nitrogen and oxygen atoms in total. The van der Waals surface area contributed by atoms with Crippen LogP contribution in [0.15, 0.2) is 35.4 Å². The van der Waals surface area contributed by atoms with E-state index in [1.165, 1.54) is 24.3 Å². The Morgan fingerprint density at radius 1 is 1.38 bits per heavy atom. The van der Waals surface area contributed by atoms with Gasteiger partial charge in [0.25, 0.3) is 10.0 Å². The number of nitro groups is 1. The number of thiazole rings is 1. The molecule has 2 rings (SSSR count). The van der Waals surface area contributed by atoms with Crippen molar-refractivity contribution in [2.75, 3.05) is 4.72 Å². The Labute approximate surface area is 122 Å². The van der Waals surface area contributed by atoms with Crippen molar-refractivity contribution in [3.63, 3.8) is 0 Å². The normalized spacial score (nSPS) is 11.0. The monoisotopic (exact) mass is 328 g/mol. The van der Waals surface area contributed by atoms with Crippen LogP contribution in [0.25, 0.3) is 0 Å². The summed E-state index contributed by atoms with van der Waals surface area (Å²) >= 11 is 0.560. The van der Waals surface area contributed by atoms with Gasteiger partial charge < -0.3 is 5.73 Å². The zero-order valence-electron chi connectivity index (χ0n) is 10.2. The molecule has 110 valence electrons. The van der Waals surface area contributed by atoms with Crippen LogP contribution in [0, 0.1) is 10.1 Å². The zero-order valence-corrected chi connectivity index (χ0v) is 11.8. The smallest absolute Gasteiger partial charge is 0.345 e. The maximum Gasteiger partial charge on any atom is 0.345 e. The van der Waals surface area contributed by atoms with E-state index in [-0.39, 0.29) is 20.6 Å². The van der Waals surface area contributed by atoms with Crippen LogP contribution in [-0.4, -0.2) is 24.2 Å². The number of carbonyl (C=O) groups excluding carboxylic acids is 1. The van der Waals surface area contributed by atoms with Gasteiger partial charge in [0.1, 0.15) is 11.1 Å². The van der Waals surface area contributed by atoms with Gasteiger partial charge in [-0.15, -0.1) is 0 Å². The van der Waals surface area contributed by atoms with Gasteiger partial charge in [-0.05, 0) is 23.5 Å². The van der Waals surface area contributed by atoms with Gasteiger partial charge in [-0.3, -0.25) is 19.6 Å². The molecule has 0 saturated heterocycles. The second kappa shape index (κ2) is 5.46. The number of nitrogens with one attached hydrogen (secondary N) is 1. The lowest BCUT2D eigenvalue weighted by atomic mass is 10.2. The van der Waals surface area contributed by atoms with E-state index < -0.39 is 20.9 Å². The maximum atomic E-state index is 12.2. The Bertz CT molecular complexity index is 814. The quantitative estimate of drug-likeness (QED) is 0.617. The van der Waals surface area contributed by atoms with Crippen molar-refractivity contribution in [2.45, 2.75) is 4.90 Å². The fourth-order valence-corrected chi connectivity index (χ4v) is 3.56. The minimum absolute atomic E-state index is 0.180. The van der Waals surface area contributed by atoms with Crippen molar-refractivity contribution in [1.82, 2.24) is 4.98 Å². The zero-order chi connectivity index (χ0) is 15.6. The minimum atomic E-state index is -4.13. The summed E-state index contributed by atoms with van der Waals surface area (Å²) < 4.78 is 26.4. The average Bonchev–Trinajstić information content (AvgIpc) is 2.86. The summed E-state index contributed by atoms with van der Waals surface area (Å²) in [7, 11) is -4.13. The fraction of sp³-hybridized carbons (Fsp3) is 0. The summed E-state index contributed by atoms with van der Waals surface area (Å²) in [6.07, 6.45) is 0.933. The van der Waals surface area contributed by atoms with Crippen molar-refractivity contribution in [1.29, 1.82) is 0 Å². The predicted molar refractivity (Wildman–Crippen MR) is 74.5 cm³/mol. The first kappa shape index (κ1) is 14.9. The standard InChI is InChI=1S/C10H8N4O5S2/c11-9(15)6-3-1-2-4-7(6)21(18,19)13-10-12-5-8(20-10)14(16)17/h1-5H,(H2,11,15)(H,12,13). The van der Waals surface area contributed by atoms with E-state index in [2.05, 4.69) is 9.71 Å². The number of amides is 1. The molecule has 0 aliphatic heterocycles. The molecule has 21 heavy (non-hydrogen) atoms. The number of anilines is 1. The van der Waals surface area contributed by atoms with Crippen molar-refractivity contribution in [2.24, 2.45) is 5.73 Å². The molecule has 0 spiro atoms. The van der Waals surface area contributed by atoms with Gasteiger partial charge in [0, 0.05) is 0 Å². The number of sulfonamides is 1. The highest BCUT2D eigenvalue weighted by molar-refractivity contribution is 7.93. The summed E-state index contributed by atoms with van der Waals surface area (Å²) in [5, 5.41) is 10.0. The van der Waals surface area contributed by atoms with Gasteiger partial charge >= 0.3 is 5.00 Å². The molecule has 1 amide bonds. The molecule has 2 aromatic rings. The lowest BCUT2D eigenvalue weighted by Gasteiger charge is -2.08. The molecule has 0 saturated carbocycles. The highest BCUT2D eigenvalue weighted by Crippen LogP contribution is 2.27. The Balaban J connectivity index is 2.38. The number of hydrogen-bond acceptors (Lipinski definition) is 7. The highest BCUT2D eigenvalue weighted by Gasteiger charge is 2.23. The van der Waals surface area contributed by atoms with E-state index in [0.717, 1.165) is 6.20 Å². The van der Waals surface area contributed by atoms with E-state index in [0.29, 0.717) is 11.3 Å². The number of rotatable bonds is 5. The molecule has 0 atom stereocenters. The van der Waals surface area contributed by atoms with Crippen LogP contribution in [0.2, 0.25) is 0 Å². The Hall–Kier alpha value is -2.53. The van der Waals surface area contributed by atoms with Gasteiger partial charge in [0.2, 0.25) is 11.0 Å². The third kappa shape index (κ3) is 3.14. The van der Waals surface area contributed by atoms with Crippen molar-refractivity contribution < 1.29 is 18.1 Å². The summed E-state index contributed by atoms with van der Waals surface area (Å²) in [6.45, 7) is 0. The van der Waals surface area contributed by atoms with Crippen LogP contribution in [0.3, 0.4) is 0 Å². The van der Waals surface area contributed by atoms with Gasteiger partial charge in [0.15, 0.2) is 0 Å². The summed E-state index contributed by atoms with van der Waals surface area (Å²) in [6, 6.07) is 5.35. The molecule has 0 bridgehead atoms. The van der Waals surface area contributed by atoms with E-state index in [1.54, 1.807) is 0 Å². The van der Waals surface area contributed by atoms with E-state index in [9.17, 15) is 23.3 Å². The Morgan fingerprint density at radius 3 is 2.62 bits per heavy atom. The topological polar surface area (TPSA) is 145 Å². The van der Waals surface area contributed by atoms with Crippen LogP contribution < -0.4 is 10.5 Å². The summed E-state index contributed by atoms with van der Waals surface area (Å²) in [4.78, 5) is 24.4. The number of benzene rings is 1. The van der Waals surface area contributed by atoms with E-state index in [1.807, 2.05) is 0 Å². The molecule has 0 fully saturated rings. The summed E-state index contributed by atoms with van der Waals surface area (Å²) in [5.74, 6) is -0.902. The minimum Gasteiger partial charge on any atom is -0.366 e. The van der Waals surface area contributed by atoms with Crippen LogP contribution in [0.5, 0.6) is 0 Å². The van der Waals surface area contributed by atoms with Crippen LogP contribution in [0.1, 0.15) is 10.4 Å². The first-order valence-corrected chi connectivity index (χ1v) is 7.63. The number of nitrogens with zero attached hydrogens (tertiary/aromatic N) is 2. The van der Waals surface area contributed by atoms with Gasteiger partial charge in [-0.1, -0.05) is 12.1 Å². The number of carbonyl (C=O) groups is 1. The number of primary amides is 1. The lowest BCUT2D eigenvalue weighted by molar-refractivity contribution is -0.380. The molecule has 1 aromatic heterocycles. The number of aromatic nitrogens is 1. The molecule has 0 unspecified atom stereocenters. The molecule has 3 N–H and O–H groups in total. The fourth-order valence-electron chi connectivity index (χ4n) is 1.47. The Morgan fingerprint density at radius 2 is 2.05 bits per heavy atom. The molecule has 0 aliphatic rings. The molecular formula is C10H8N4O5S2. The van der Waals surface area contributed by atoms with Gasteiger partial charge in [-0.2, -0.15) is 0 Å². The predicted octanol–water partition coefficient (Wildman–Crippen LogP) is 0.951. The van der Waals surface area contributed by atoms with Crippen LogP contribution in [0.4, 0.5) is 10.1 Å². The first-order valence-electron chi connectivity index (χ1n) is 5.33. The van der Waals surface area contributed by atoms with Gasteiger partial charge in [0.05, 0.1) is 10.5 Å². The van der Waals surface area contributed by atoms with Gasteiger partial charge in [-0.25, -0.2) is 13.4 Å². The first-order chi connectivity index (χ1) is 9.81. The highest BCUT2D eigenvalue weighted by atomic mass is 32.2. The van der Waals surface area contributed by atoms with Crippen molar-refractivity contribution in [3.8, 4) is 0 Å². The van der Waals surface area contributed by atoms with E-state index >= 15 is 0 Å². The van der Waals surface area contributed by atoms with Crippen molar-refractivity contribution >= 4 is 37.4 Å². The number of nitrogens with two attached hydrogens (primary N) is 1. The number of hydrogen-bond donors (Lipinski definition) is 2. The third-order valence-corrected chi connectivity index (χ3v) is 4.73. The second-order valence-corrected chi connectivity index (χ2v) is 6.39. The largest absolute Gasteiger partial charge is 0.366 e. The van der Waals surface area contributed by atoms with Crippen LogP contribution >= 0.6 is 11.3 Å². The summed E-state index contributed by atoms with van der Waals surface area (Å²) in [5.41, 5.74) is 4.93. The molecule has 0 radical (unpaired) electrons. The lowest BCUT2D eigenvalue weighted by Crippen LogP contribution is -2.20. The van der Waals surface area contributed by atoms with Crippen molar-refractivity contribution in [3.05, 3.63) is 46.1 Å². The third-order valence-electron chi connectivity index (χ3n) is 2.34. The maximum absolute atomic E-state index is 12.2. The van der Waals surface area contributed by atoms with E-state index in [4.69, 9.17) is 5.73 Å². The molecular weight excluding hydrogens is 320 g/mol. The molecule has 0 aliphatic carbocycles. The SMILES string of the molecule is NC(=O)c1ccccc1S(=O)(=O)Nc1ncc([N+](=O)[O-])s1. The molecule has 11 heteroatoms. The Kier molecular flexibility index (Phi) is 3.86. The average molecular weight is 328 g/mol.